The molecule has 21 heavy (non-hydrogen) atoms. The van der Waals surface area contributed by atoms with Gasteiger partial charge in [0.25, 0.3) is 0 Å². The number of imidazole rings is 1. The summed E-state index contributed by atoms with van der Waals surface area (Å²) in [5.74, 6) is -0.224. The first-order valence-corrected chi connectivity index (χ1v) is 6.19. The second kappa shape index (κ2) is 4.82. The molecule has 0 saturated carbocycles. The van der Waals surface area contributed by atoms with Crippen molar-refractivity contribution in [1.82, 2.24) is 9.97 Å². The molecule has 6 nitrogen and oxygen atoms in total. The van der Waals surface area contributed by atoms with Gasteiger partial charge < -0.3 is 19.9 Å². The number of aromatic amines is 1. The standard InChI is InChI=1S/C15H12N2O4/c1-21-12-4-2-3-9(13(12)18)14-16-10-6-5-8(15(19)20)7-11(10)17-14/h2-7,18H,1H3,(H,16,17)(H,19,20). The number of phenolic OH excluding ortho intramolecular Hbond substituents is 1. The molecule has 3 rings (SSSR count). The molecular weight excluding hydrogens is 272 g/mol. The lowest BCUT2D eigenvalue weighted by Gasteiger charge is -2.06. The fourth-order valence-corrected chi connectivity index (χ4v) is 2.15. The molecule has 0 atom stereocenters. The van der Waals surface area contributed by atoms with Crippen LogP contribution in [0.3, 0.4) is 0 Å². The number of aromatic carboxylic acids is 1. The molecule has 0 saturated heterocycles. The third-order valence-corrected chi connectivity index (χ3v) is 3.20. The third kappa shape index (κ3) is 2.16. The third-order valence-electron chi connectivity index (χ3n) is 3.20. The van der Waals surface area contributed by atoms with E-state index in [4.69, 9.17) is 9.84 Å². The van der Waals surface area contributed by atoms with Crippen molar-refractivity contribution in [3.8, 4) is 22.9 Å². The number of rotatable bonds is 3. The van der Waals surface area contributed by atoms with Gasteiger partial charge in [-0.15, -0.1) is 0 Å². The van der Waals surface area contributed by atoms with Gasteiger partial charge in [-0.3, -0.25) is 0 Å². The highest BCUT2D eigenvalue weighted by molar-refractivity contribution is 5.93. The molecule has 0 radical (unpaired) electrons. The average molecular weight is 284 g/mol. The number of phenols is 1. The van der Waals surface area contributed by atoms with Gasteiger partial charge in [0.2, 0.25) is 0 Å². The molecule has 1 heterocycles. The number of benzene rings is 2. The zero-order valence-electron chi connectivity index (χ0n) is 11.1. The number of hydrogen-bond donors (Lipinski definition) is 3. The number of methoxy groups -OCH3 is 1. The van der Waals surface area contributed by atoms with Gasteiger partial charge in [0.05, 0.1) is 29.3 Å². The minimum absolute atomic E-state index is 0.0162. The van der Waals surface area contributed by atoms with Crippen LogP contribution in [0.25, 0.3) is 22.4 Å². The number of fused-ring (bicyclic) bond motifs is 1. The maximum atomic E-state index is 11.0. The first kappa shape index (κ1) is 13.0. The molecular formula is C15H12N2O4. The van der Waals surface area contributed by atoms with Crippen LogP contribution in [0.2, 0.25) is 0 Å². The van der Waals surface area contributed by atoms with Gasteiger partial charge >= 0.3 is 5.97 Å². The van der Waals surface area contributed by atoms with Crippen molar-refractivity contribution in [1.29, 1.82) is 0 Å². The lowest BCUT2D eigenvalue weighted by Crippen LogP contribution is -1.94. The van der Waals surface area contributed by atoms with Gasteiger partial charge in [0.15, 0.2) is 11.5 Å². The Labute approximate surface area is 119 Å². The molecule has 3 aromatic rings. The SMILES string of the molecule is COc1cccc(-c2nc3ccc(C(=O)O)cc3[nH]2)c1O. The predicted octanol–water partition coefficient (Wildman–Crippen LogP) is 2.64. The van der Waals surface area contributed by atoms with E-state index in [0.717, 1.165) is 0 Å². The van der Waals surface area contributed by atoms with E-state index in [9.17, 15) is 9.90 Å². The van der Waals surface area contributed by atoms with Gasteiger partial charge in [-0.25, -0.2) is 9.78 Å². The van der Waals surface area contributed by atoms with Crippen molar-refractivity contribution in [2.24, 2.45) is 0 Å². The highest BCUT2D eigenvalue weighted by Gasteiger charge is 2.14. The molecule has 2 aromatic carbocycles. The van der Waals surface area contributed by atoms with E-state index in [0.29, 0.717) is 28.2 Å². The Bertz CT molecular complexity index is 839. The molecule has 1 aromatic heterocycles. The Morgan fingerprint density at radius 2 is 2.10 bits per heavy atom. The molecule has 0 unspecified atom stereocenters. The second-order valence-corrected chi connectivity index (χ2v) is 4.48. The molecule has 0 bridgehead atoms. The molecule has 0 aliphatic rings. The van der Waals surface area contributed by atoms with E-state index < -0.39 is 5.97 Å². The highest BCUT2D eigenvalue weighted by Crippen LogP contribution is 2.36. The molecule has 6 heteroatoms. The number of nitrogens with one attached hydrogen (secondary N) is 1. The average Bonchev–Trinajstić information content (AvgIpc) is 2.90. The summed E-state index contributed by atoms with van der Waals surface area (Å²) >= 11 is 0. The van der Waals surface area contributed by atoms with Crippen LogP contribution in [0.5, 0.6) is 11.5 Å². The highest BCUT2D eigenvalue weighted by atomic mass is 16.5. The minimum Gasteiger partial charge on any atom is -0.504 e. The van der Waals surface area contributed by atoms with E-state index in [1.54, 1.807) is 24.3 Å². The topological polar surface area (TPSA) is 95.4 Å². The Kier molecular flexibility index (Phi) is 2.98. The maximum Gasteiger partial charge on any atom is 0.335 e. The monoisotopic (exact) mass is 284 g/mol. The van der Waals surface area contributed by atoms with Crippen molar-refractivity contribution in [3.05, 3.63) is 42.0 Å². The van der Waals surface area contributed by atoms with Gasteiger partial charge in [0, 0.05) is 0 Å². The Morgan fingerprint density at radius 1 is 1.29 bits per heavy atom. The summed E-state index contributed by atoms with van der Waals surface area (Å²) in [5, 5.41) is 19.1. The first-order chi connectivity index (χ1) is 10.1. The van der Waals surface area contributed by atoms with Crippen LogP contribution in [-0.2, 0) is 0 Å². The van der Waals surface area contributed by atoms with E-state index in [1.807, 2.05) is 0 Å². The van der Waals surface area contributed by atoms with Crippen molar-refractivity contribution >= 4 is 17.0 Å². The van der Waals surface area contributed by atoms with Gasteiger partial charge in [0.1, 0.15) is 5.82 Å². The van der Waals surface area contributed by atoms with E-state index in [-0.39, 0.29) is 11.3 Å². The molecule has 0 aliphatic heterocycles. The van der Waals surface area contributed by atoms with Crippen molar-refractivity contribution in [2.45, 2.75) is 0 Å². The Hall–Kier alpha value is -3.02. The van der Waals surface area contributed by atoms with Crippen LogP contribution < -0.4 is 4.74 Å². The summed E-state index contributed by atoms with van der Waals surface area (Å²) in [5.41, 5.74) is 1.87. The number of ether oxygens (including phenoxy) is 1. The van der Waals surface area contributed by atoms with Crippen molar-refractivity contribution in [2.75, 3.05) is 7.11 Å². The van der Waals surface area contributed by atoms with Crippen LogP contribution in [0.1, 0.15) is 10.4 Å². The summed E-state index contributed by atoms with van der Waals surface area (Å²) < 4.78 is 5.06. The lowest BCUT2D eigenvalue weighted by atomic mass is 10.2. The number of carboxylic acids is 1. The zero-order valence-corrected chi connectivity index (χ0v) is 11.1. The van der Waals surface area contributed by atoms with Gasteiger partial charge in [-0.1, -0.05) is 6.07 Å². The Balaban J connectivity index is 2.15. The maximum absolute atomic E-state index is 11.0. The van der Waals surface area contributed by atoms with E-state index in [2.05, 4.69) is 9.97 Å². The first-order valence-electron chi connectivity index (χ1n) is 6.19. The van der Waals surface area contributed by atoms with Crippen LogP contribution in [0.15, 0.2) is 36.4 Å². The summed E-state index contributed by atoms with van der Waals surface area (Å²) in [7, 11) is 1.47. The number of carboxylic acid groups (broad SMARTS) is 1. The van der Waals surface area contributed by atoms with Crippen LogP contribution in [0.4, 0.5) is 0 Å². The smallest absolute Gasteiger partial charge is 0.335 e. The quantitative estimate of drug-likeness (QED) is 0.687. The zero-order chi connectivity index (χ0) is 15.0. The number of hydrogen-bond acceptors (Lipinski definition) is 4. The molecule has 0 aliphatic carbocycles. The van der Waals surface area contributed by atoms with E-state index >= 15 is 0 Å². The van der Waals surface area contributed by atoms with Gasteiger partial charge in [-0.05, 0) is 30.3 Å². The summed E-state index contributed by atoms with van der Waals surface area (Å²) in [6.07, 6.45) is 0. The number of aromatic nitrogens is 2. The normalized spacial score (nSPS) is 10.7. The summed E-state index contributed by atoms with van der Waals surface area (Å²) in [4.78, 5) is 18.3. The van der Waals surface area contributed by atoms with Gasteiger partial charge in [-0.2, -0.15) is 0 Å². The van der Waals surface area contributed by atoms with E-state index in [1.165, 1.54) is 19.2 Å². The number of H-pyrrole nitrogens is 1. The fraction of sp³-hybridized carbons (Fsp3) is 0.0667. The molecule has 0 spiro atoms. The van der Waals surface area contributed by atoms with Crippen LogP contribution >= 0.6 is 0 Å². The number of para-hydroxylation sites is 1. The molecule has 0 fully saturated rings. The number of nitrogens with zero attached hydrogens (tertiary/aromatic N) is 1. The largest absolute Gasteiger partial charge is 0.504 e. The van der Waals surface area contributed by atoms with Crippen LogP contribution in [0, 0.1) is 0 Å². The lowest BCUT2D eigenvalue weighted by molar-refractivity contribution is 0.0697. The minimum atomic E-state index is -1.00. The molecule has 0 amide bonds. The predicted molar refractivity (Wildman–Crippen MR) is 76.7 cm³/mol. The summed E-state index contributed by atoms with van der Waals surface area (Å²) in [6.45, 7) is 0. The number of carbonyl (C=O) groups is 1. The number of aromatic hydroxyl groups is 1. The molecule has 106 valence electrons. The Morgan fingerprint density at radius 3 is 2.81 bits per heavy atom. The second-order valence-electron chi connectivity index (χ2n) is 4.48. The molecule has 3 N–H and O–H groups in total. The summed E-state index contributed by atoms with van der Waals surface area (Å²) in [6, 6.07) is 9.70. The van der Waals surface area contributed by atoms with Crippen molar-refractivity contribution in [3.63, 3.8) is 0 Å². The van der Waals surface area contributed by atoms with Crippen LogP contribution in [-0.4, -0.2) is 33.3 Å². The van der Waals surface area contributed by atoms with Crippen molar-refractivity contribution < 1.29 is 19.7 Å². The fourth-order valence-electron chi connectivity index (χ4n) is 2.15.